The monoisotopic (exact) mass is 316 g/mol. The third-order valence-corrected chi connectivity index (χ3v) is 3.90. The van der Waals surface area contributed by atoms with E-state index in [4.69, 9.17) is 28.3 Å². The summed E-state index contributed by atoms with van der Waals surface area (Å²) in [6.45, 7) is 0.552. The van der Waals surface area contributed by atoms with Crippen molar-refractivity contribution in [3.05, 3.63) is 44.9 Å². The second-order valence-electron chi connectivity index (χ2n) is 3.82. The summed E-state index contributed by atoms with van der Waals surface area (Å²) in [5.41, 5.74) is 1.53. The van der Waals surface area contributed by atoms with Gasteiger partial charge >= 0.3 is 5.97 Å². The summed E-state index contributed by atoms with van der Waals surface area (Å²) in [5.74, 6) is -0.888. The normalized spacial score (nSPS) is 10.4. The number of hydrogen-bond donors (Lipinski definition) is 2. The van der Waals surface area contributed by atoms with Crippen LogP contribution in [0.3, 0.4) is 0 Å². The Bertz CT molecular complexity index is 601. The van der Waals surface area contributed by atoms with Gasteiger partial charge in [-0.15, -0.1) is 11.3 Å². The molecule has 0 aliphatic heterocycles. The summed E-state index contributed by atoms with van der Waals surface area (Å²) in [4.78, 5) is 14.7. The summed E-state index contributed by atoms with van der Waals surface area (Å²) in [6.07, 6.45) is -0.0645. The van der Waals surface area contributed by atoms with Gasteiger partial charge in [-0.05, 0) is 17.7 Å². The Morgan fingerprint density at radius 3 is 2.84 bits per heavy atom. The number of nitrogens with one attached hydrogen (secondary N) is 1. The average molecular weight is 317 g/mol. The van der Waals surface area contributed by atoms with E-state index in [1.54, 1.807) is 17.5 Å². The Kier molecular flexibility index (Phi) is 4.63. The van der Waals surface area contributed by atoms with Crippen LogP contribution in [-0.2, 0) is 17.8 Å². The van der Waals surface area contributed by atoms with Crippen molar-refractivity contribution in [3.8, 4) is 0 Å². The summed E-state index contributed by atoms with van der Waals surface area (Å²) >= 11 is 13.1. The Hall–Kier alpha value is -1.30. The summed E-state index contributed by atoms with van der Waals surface area (Å²) < 4.78 is 0. The minimum atomic E-state index is -0.888. The number of thiazole rings is 1. The molecule has 0 spiro atoms. The van der Waals surface area contributed by atoms with Crippen LogP contribution in [0.4, 0.5) is 5.13 Å². The molecule has 0 saturated carbocycles. The zero-order chi connectivity index (χ0) is 13.8. The van der Waals surface area contributed by atoms with Crippen molar-refractivity contribution in [2.75, 3.05) is 5.32 Å². The maximum atomic E-state index is 10.5. The Morgan fingerprint density at radius 2 is 2.16 bits per heavy atom. The third kappa shape index (κ3) is 4.09. The number of hydrogen-bond acceptors (Lipinski definition) is 4. The van der Waals surface area contributed by atoms with E-state index in [2.05, 4.69) is 10.3 Å². The molecule has 0 atom stereocenters. The van der Waals surface area contributed by atoms with E-state index < -0.39 is 5.97 Å². The largest absolute Gasteiger partial charge is 0.481 e. The van der Waals surface area contributed by atoms with E-state index in [0.29, 0.717) is 27.4 Å². The molecule has 1 aromatic carbocycles. The lowest BCUT2D eigenvalue weighted by Gasteiger charge is -2.04. The average Bonchev–Trinajstić information content (AvgIpc) is 2.77. The van der Waals surface area contributed by atoms with Crippen LogP contribution >= 0.6 is 34.5 Å². The first-order valence-electron chi connectivity index (χ1n) is 5.38. The first-order valence-corrected chi connectivity index (χ1v) is 7.02. The number of carboxylic acids is 1. The smallest absolute Gasteiger partial charge is 0.309 e. The van der Waals surface area contributed by atoms with E-state index in [1.807, 2.05) is 6.07 Å². The van der Waals surface area contributed by atoms with Crippen molar-refractivity contribution in [2.24, 2.45) is 0 Å². The third-order valence-electron chi connectivity index (χ3n) is 2.31. The molecule has 100 valence electrons. The minimum absolute atomic E-state index is 0.0645. The second kappa shape index (κ2) is 6.23. The molecule has 2 N–H and O–H groups in total. The van der Waals surface area contributed by atoms with Gasteiger partial charge in [0.05, 0.1) is 22.2 Å². The maximum Gasteiger partial charge on any atom is 0.309 e. The van der Waals surface area contributed by atoms with Gasteiger partial charge in [-0.25, -0.2) is 4.98 Å². The lowest BCUT2D eigenvalue weighted by Crippen LogP contribution is -2.02. The molecule has 7 heteroatoms. The van der Waals surface area contributed by atoms with Gasteiger partial charge in [-0.1, -0.05) is 29.3 Å². The quantitative estimate of drug-likeness (QED) is 0.883. The van der Waals surface area contributed by atoms with Crippen LogP contribution in [0.5, 0.6) is 0 Å². The van der Waals surface area contributed by atoms with Crippen LogP contribution < -0.4 is 5.32 Å². The number of anilines is 1. The van der Waals surface area contributed by atoms with Gasteiger partial charge in [0.1, 0.15) is 0 Å². The molecule has 0 unspecified atom stereocenters. The molecule has 0 aliphatic carbocycles. The van der Waals surface area contributed by atoms with Gasteiger partial charge < -0.3 is 10.4 Å². The lowest BCUT2D eigenvalue weighted by atomic mass is 10.2. The molecule has 4 nitrogen and oxygen atoms in total. The van der Waals surface area contributed by atoms with Crippen LogP contribution in [0.2, 0.25) is 10.0 Å². The highest BCUT2D eigenvalue weighted by Gasteiger charge is 2.06. The van der Waals surface area contributed by atoms with E-state index in [-0.39, 0.29) is 6.42 Å². The van der Waals surface area contributed by atoms with Crippen LogP contribution in [0.25, 0.3) is 0 Å². The molecule has 0 saturated heterocycles. The van der Waals surface area contributed by atoms with E-state index in [1.165, 1.54) is 11.3 Å². The molecule has 0 bridgehead atoms. The molecule has 0 amide bonds. The molecule has 1 aromatic heterocycles. The zero-order valence-corrected chi connectivity index (χ0v) is 12.0. The number of nitrogens with zero attached hydrogens (tertiary/aromatic N) is 1. The fourth-order valence-electron chi connectivity index (χ4n) is 1.45. The molecular formula is C12H10Cl2N2O2S. The highest BCUT2D eigenvalue weighted by atomic mass is 35.5. The van der Waals surface area contributed by atoms with Crippen molar-refractivity contribution in [3.63, 3.8) is 0 Å². The predicted octanol–water partition coefficient (Wildman–Crippen LogP) is 3.69. The summed E-state index contributed by atoms with van der Waals surface area (Å²) in [7, 11) is 0. The first-order chi connectivity index (χ1) is 9.04. The van der Waals surface area contributed by atoms with Crippen molar-refractivity contribution >= 4 is 45.6 Å². The summed E-state index contributed by atoms with van der Waals surface area (Å²) in [6, 6.07) is 5.38. The predicted molar refractivity (Wildman–Crippen MR) is 77.2 cm³/mol. The minimum Gasteiger partial charge on any atom is -0.481 e. The van der Waals surface area contributed by atoms with Crippen molar-refractivity contribution in [1.82, 2.24) is 4.98 Å². The standard InChI is InChI=1S/C12H10Cl2N2O2S/c13-9-2-1-7(3-10(9)14)5-15-12-16-8(6-19-12)4-11(17)18/h1-3,6H,4-5H2,(H,15,16)(H,17,18). The van der Waals surface area contributed by atoms with Gasteiger partial charge in [0.25, 0.3) is 0 Å². The Balaban J connectivity index is 1.96. The SMILES string of the molecule is O=C(O)Cc1csc(NCc2ccc(Cl)c(Cl)c2)n1. The number of halogens is 2. The molecule has 1 heterocycles. The number of carboxylic acid groups (broad SMARTS) is 1. The van der Waals surface area contributed by atoms with Crippen molar-refractivity contribution in [2.45, 2.75) is 13.0 Å². The van der Waals surface area contributed by atoms with Gasteiger partial charge in [-0.2, -0.15) is 0 Å². The van der Waals surface area contributed by atoms with E-state index in [0.717, 1.165) is 5.56 Å². The molecule has 2 aromatic rings. The fraction of sp³-hybridized carbons (Fsp3) is 0.167. The van der Waals surface area contributed by atoms with Crippen molar-refractivity contribution < 1.29 is 9.90 Å². The number of carbonyl (C=O) groups is 1. The highest BCUT2D eigenvalue weighted by molar-refractivity contribution is 7.13. The van der Waals surface area contributed by atoms with Crippen LogP contribution in [0.1, 0.15) is 11.3 Å². The van der Waals surface area contributed by atoms with Crippen molar-refractivity contribution in [1.29, 1.82) is 0 Å². The van der Waals surface area contributed by atoms with Gasteiger partial charge in [0.15, 0.2) is 5.13 Å². The molecule has 0 radical (unpaired) electrons. The Labute approximate surface area is 124 Å². The number of aromatic nitrogens is 1. The molecule has 0 aliphatic rings. The van der Waals surface area contributed by atoms with Crippen LogP contribution in [-0.4, -0.2) is 16.1 Å². The Morgan fingerprint density at radius 1 is 1.37 bits per heavy atom. The second-order valence-corrected chi connectivity index (χ2v) is 5.49. The lowest BCUT2D eigenvalue weighted by molar-refractivity contribution is -0.136. The van der Waals surface area contributed by atoms with Crippen LogP contribution in [0, 0.1) is 0 Å². The molecular weight excluding hydrogens is 307 g/mol. The van der Waals surface area contributed by atoms with E-state index in [9.17, 15) is 4.79 Å². The number of benzene rings is 1. The first kappa shape index (κ1) is 14.1. The number of rotatable bonds is 5. The fourth-order valence-corrected chi connectivity index (χ4v) is 2.48. The van der Waals surface area contributed by atoms with Gasteiger partial charge in [0.2, 0.25) is 0 Å². The maximum absolute atomic E-state index is 10.5. The molecule has 0 fully saturated rings. The van der Waals surface area contributed by atoms with Crippen LogP contribution in [0.15, 0.2) is 23.6 Å². The highest BCUT2D eigenvalue weighted by Crippen LogP contribution is 2.23. The van der Waals surface area contributed by atoms with E-state index >= 15 is 0 Å². The zero-order valence-electron chi connectivity index (χ0n) is 9.69. The number of aliphatic carboxylic acids is 1. The topological polar surface area (TPSA) is 62.2 Å². The molecule has 2 rings (SSSR count). The van der Waals surface area contributed by atoms with Gasteiger partial charge in [-0.3, -0.25) is 4.79 Å². The van der Waals surface area contributed by atoms with Gasteiger partial charge in [0, 0.05) is 11.9 Å². The summed E-state index contributed by atoms with van der Waals surface area (Å²) in [5, 5.41) is 15.2. The molecule has 19 heavy (non-hydrogen) atoms.